The van der Waals surface area contributed by atoms with Crippen molar-refractivity contribution in [3.8, 4) is 17.2 Å². The predicted molar refractivity (Wildman–Crippen MR) is 430 cm³/mol. The van der Waals surface area contributed by atoms with E-state index in [4.69, 9.17) is 99.5 Å². The maximum absolute atomic E-state index is 12.0. The Hall–Kier alpha value is -4.68. The van der Waals surface area contributed by atoms with Gasteiger partial charge in [0.05, 0.1) is 148 Å². The van der Waals surface area contributed by atoms with Gasteiger partial charge < -0.3 is 105 Å². The molecule has 24 nitrogen and oxygen atoms in total. The Labute approximate surface area is 685 Å². The van der Waals surface area contributed by atoms with Crippen LogP contribution in [0.5, 0.6) is 17.2 Å². The van der Waals surface area contributed by atoms with Crippen molar-refractivity contribution in [2.24, 2.45) is 35.0 Å². The summed E-state index contributed by atoms with van der Waals surface area (Å²) in [5.41, 5.74) is 4.13. The van der Waals surface area contributed by atoms with Crippen molar-refractivity contribution in [1.82, 2.24) is 0 Å². The zero-order valence-electron chi connectivity index (χ0n) is 71.0. The van der Waals surface area contributed by atoms with Gasteiger partial charge in [0, 0.05) is 5.41 Å². The number of epoxide rings is 11. The summed E-state index contributed by atoms with van der Waals surface area (Å²) < 4.78 is 112. The molecule has 1 N–H and O–H groups in total. The summed E-state index contributed by atoms with van der Waals surface area (Å²) in [4.78, 5) is 23.0. The summed E-state index contributed by atoms with van der Waals surface area (Å²) in [6.07, 6.45) is 24.0. The van der Waals surface area contributed by atoms with E-state index < -0.39 is 6.16 Å². The molecule has 3 aromatic rings. The van der Waals surface area contributed by atoms with Crippen LogP contribution in [0.15, 0.2) is 72.8 Å². The highest BCUT2D eigenvalue weighted by molar-refractivity contribution is 5.73. The molecule has 11 saturated heterocycles. The second kappa shape index (κ2) is 45.8. The van der Waals surface area contributed by atoms with Crippen LogP contribution in [-0.2, 0) is 100 Å². The van der Waals surface area contributed by atoms with Crippen LogP contribution in [0.3, 0.4) is 0 Å². The lowest BCUT2D eigenvalue weighted by atomic mass is 9.60. The van der Waals surface area contributed by atoms with Crippen molar-refractivity contribution < 1.29 is 114 Å². The molecule has 18 rings (SSSR count). The Bertz CT molecular complexity index is 3070. The number of ether oxygens (including phenoxy) is 21. The van der Waals surface area contributed by atoms with E-state index in [0.29, 0.717) is 113 Å². The van der Waals surface area contributed by atoms with Crippen LogP contribution >= 0.6 is 0 Å². The fourth-order valence-electron chi connectivity index (χ4n) is 14.8. The molecule has 0 amide bonds. The first-order valence-electron chi connectivity index (χ1n) is 44.0. The van der Waals surface area contributed by atoms with Crippen LogP contribution < -0.4 is 14.2 Å². The zero-order chi connectivity index (χ0) is 81.2. The van der Waals surface area contributed by atoms with E-state index in [1.54, 1.807) is 0 Å². The van der Waals surface area contributed by atoms with Gasteiger partial charge in [-0.3, -0.25) is 9.59 Å². The van der Waals surface area contributed by atoms with Gasteiger partial charge in [-0.05, 0) is 187 Å². The second-order valence-electron chi connectivity index (χ2n) is 34.5. The molecule has 24 heteroatoms. The molecule has 4 aliphatic carbocycles. The molecule has 16 atom stereocenters. The number of hydrogen-bond donors (Lipinski definition) is 1. The standard InChI is InChI=1S/C21H36O4.C21H24O4.C16H24O4.C10H16O7.C10H12O2.C8H14O3.C3H8.C2H6/c2*1-21(2,15-3-7-17(8-4-15)22-11-19-13-24-19)16-5-9-18(10-6-16)23-12-20-14-25-20;17-16(11-4-6-13-15(9-11)20-13)18-7-1-2-10-3-5-12-14(8-10)19-12;11-10(15-4-7-1-12-7,16-5-8-2-13-8)17-6-9-3-14-9;1-8-2-4-9(5-3-8)11-6-10-7-12-10;1-3-6(2)8(9)11-5-7-4-10-7;1-3-2;1-2/h15-20H,3-14H2,1-2H3;3-10,19-20H,11-14H2,1-2H3;10-15H,1-9H2;7-9,11H,1-6H2;2-5,10H,6-7H2,1H3;6-7H,3-5H2,1-2H3;3H2,1-2H3;1-2H3. The molecule has 16 unspecified atom stereocenters. The molecule has 3 aromatic carbocycles. The van der Waals surface area contributed by atoms with Crippen LogP contribution in [0.2, 0.25) is 0 Å². The third kappa shape index (κ3) is 34.4. The number of carbonyl (C=O) groups is 2. The van der Waals surface area contributed by atoms with E-state index in [2.05, 4.69) is 72.7 Å². The zero-order valence-corrected chi connectivity index (χ0v) is 71.0. The molecule has 15 fully saturated rings. The maximum atomic E-state index is 12.0. The van der Waals surface area contributed by atoms with Crippen molar-refractivity contribution in [2.45, 2.75) is 295 Å². The molecule has 11 aliphatic heterocycles. The van der Waals surface area contributed by atoms with E-state index in [0.717, 1.165) is 120 Å². The molecule has 0 bridgehead atoms. The van der Waals surface area contributed by atoms with Crippen LogP contribution in [0, 0.1) is 41.9 Å². The summed E-state index contributed by atoms with van der Waals surface area (Å²) in [6, 6.07) is 24.7. The quantitative estimate of drug-likeness (QED) is 0.0243. The second-order valence-corrected chi connectivity index (χ2v) is 34.5. The summed E-state index contributed by atoms with van der Waals surface area (Å²) in [7, 11) is 0. The Morgan fingerprint density at radius 3 is 1.17 bits per heavy atom. The highest BCUT2D eigenvalue weighted by Gasteiger charge is 2.48. The van der Waals surface area contributed by atoms with Crippen molar-refractivity contribution in [2.75, 3.05) is 126 Å². The summed E-state index contributed by atoms with van der Waals surface area (Å²) >= 11 is 0. The average Bonchev–Trinajstić information content (AvgIpc) is 1.10. The highest BCUT2D eigenvalue weighted by Crippen LogP contribution is 2.50. The van der Waals surface area contributed by atoms with E-state index in [1.807, 2.05) is 76.2 Å². The molecule has 4 saturated carbocycles. The molecule has 0 spiro atoms. The number of carbonyl (C=O) groups excluding carboxylic acids is 2. The fraction of sp³-hybridized carbons (Fsp3) is 0.780. The first kappa shape index (κ1) is 91.1. The van der Waals surface area contributed by atoms with Gasteiger partial charge in [0.15, 0.2) is 0 Å². The molecule has 15 aliphatic rings. The lowest BCUT2D eigenvalue weighted by Gasteiger charge is -2.46. The van der Waals surface area contributed by atoms with Gasteiger partial charge in [-0.2, -0.15) is 0 Å². The monoisotopic (exact) mass is 1620 g/mol. The normalized spacial score (nSPS) is 31.8. The SMILES string of the molecule is CC.CC(C)(C1CCC(OCC2CO2)CC1)C1CCC(OCC2CO2)CC1.CC(C)(c1ccc(OCC2CO2)cc1)c1ccc(OCC2CO2)cc1.CCC.CCC(C)C(=O)OCC1CO1.Cc1ccc(OCC2CO2)cc1.O=C(OCCCC1CCC2OC2C1)C1CCC2OC2C1.OC(OCC1CO1)(OCC1CO1)OCC1CO1. The minimum atomic E-state index is -2.02. The molecular weight excluding hydrogens is 1480 g/mol. The first-order valence-corrected chi connectivity index (χ1v) is 44.0. The number of aliphatic hydroxyl groups is 1. The number of rotatable bonds is 37. The van der Waals surface area contributed by atoms with Crippen molar-refractivity contribution in [3.05, 3.63) is 89.5 Å². The van der Waals surface area contributed by atoms with Crippen LogP contribution in [0.1, 0.15) is 202 Å². The number of esters is 2. The summed E-state index contributed by atoms with van der Waals surface area (Å²) in [5.74, 6) is 5.21. The molecule has 0 aromatic heterocycles. The number of aryl methyl sites for hydroxylation is 1. The molecule has 11 heterocycles. The first-order chi connectivity index (χ1) is 55.7. The van der Waals surface area contributed by atoms with Gasteiger partial charge in [-0.1, -0.05) is 118 Å². The van der Waals surface area contributed by atoms with Gasteiger partial charge in [-0.15, -0.1) is 0 Å². The largest absolute Gasteiger partial charge is 0.491 e. The number of fused-ring (bicyclic) bond motifs is 2. The van der Waals surface area contributed by atoms with E-state index in [9.17, 15) is 14.7 Å². The van der Waals surface area contributed by atoms with Crippen molar-refractivity contribution in [3.63, 3.8) is 0 Å². The van der Waals surface area contributed by atoms with Gasteiger partial charge in [0.2, 0.25) is 0 Å². The van der Waals surface area contributed by atoms with Crippen LogP contribution in [-0.4, -0.2) is 240 Å². The van der Waals surface area contributed by atoms with Crippen molar-refractivity contribution in [1.29, 1.82) is 0 Å². The van der Waals surface area contributed by atoms with E-state index in [1.165, 1.54) is 100 Å². The van der Waals surface area contributed by atoms with E-state index >= 15 is 0 Å². The maximum Gasteiger partial charge on any atom is 0.410 e. The molecule has 0 radical (unpaired) electrons. The van der Waals surface area contributed by atoms with Crippen LogP contribution in [0.4, 0.5) is 0 Å². The van der Waals surface area contributed by atoms with Crippen molar-refractivity contribution >= 4 is 11.9 Å². The van der Waals surface area contributed by atoms with Gasteiger partial charge in [0.25, 0.3) is 0 Å². The average molecular weight is 1620 g/mol. The van der Waals surface area contributed by atoms with Crippen LogP contribution in [0.25, 0.3) is 0 Å². The van der Waals surface area contributed by atoms with E-state index in [-0.39, 0.29) is 85.6 Å². The minimum absolute atomic E-state index is 0.00758. The van der Waals surface area contributed by atoms with Gasteiger partial charge in [0.1, 0.15) is 98.6 Å². The highest BCUT2D eigenvalue weighted by atomic mass is 17.0. The van der Waals surface area contributed by atoms with Gasteiger partial charge in [-0.25, -0.2) is 0 Å². The fourth-order valence-corrected chi connectivity index (χ4v) is 14.8. The summed E-state index contributed by atoms with van der Waals surface area (Å²) in [6.45, 7) is 36.0. The predicted octanol–water partition coefficient (Wildman–Crippen LogP) is 14.0. The molecular formula is C91H140O24. The minimum Gasteiger partial charge on any atom is -0.491 e. The summed E-state index contributed by atoms with van der Waals surface area (Å²) in [5, 5.41) is 10.0. The third-order valence-electron chi connectivity index (χ3n) is 23.8. The third-order valence-corrected chi connectivity index (χ3v) is 23.8. The Morgan fingerprint density at radius 1 is 0.443 bits per heavy atom. The lowest BCUT2D eigenvalue weighted by Crippen LogP contribution is -2.42. The molecule has 115 heavy (non-hydrogen) atoms. The Balaban J connectivity index is 0.000000137. The Morgan fingerprint density at radius 2 is 0.800 bits per heavy atom. The number of benzene rings is 3. The molecule has 648 valence electrons. The Kier molecular flexibility index (Phi) is 36.3. The lowest BCUT2D eigenvalue weighted by molar-refractivity contribution is -0.486. The number of hydrogen-bond acceptors (Lipinski definition) is 24. The topological polar surface area (TPSA) is 284 Å². The smallest absolute Gasteiger partial charge is 0.410 e. The van der Waals surface area contributed by atoms with Gasteiger partial charge >= 0.3 is 18.1 Å².